The van der Waals surface area contributed by atoms with Crippen LogP contribution in [0.1, 0.15) is 30.1 Å². The summed E-state index contributed by atoms with van der Waals surface area (Å²) < 4.78 is 5.34. The summed E-state index contributed by atoms with van der Waals surface area (Å²) in [6.07, 6.45) is 1.93. The first-order chi connectivity index (χ1) is 8.09. The molecule has 4 heteroatoms. The van der Waals surface area contributed by atoms with Crippen LogP contribution in [0.15, 0.2) is 24.3 Å². The number of anilines is 1. The zero-order chi connectivity index (χ0) is 12.3. The van der Waals surface area contributed by atoms with Gasteiger partial charge in [0.05, 0.1) is 5.56 Å². The first-order valence-corrected chi connectivity index (χ1v) is 5.78. The number of aromatic carboxylic acids is 1. The van der Waals surface area contributed by atoms with E-state index in [2.05, 4.69) is 12.2 Å². The van der Waals surface area contributed by atoms with Crippen molar-refractivity contribution in [2.24, 2.45) is 0 Å². The van der Waals surface area contributed by atoms with E-state index in [0.717, 1.165) is 31.7 Å². The maximum atomic E-state index is 10.7. The van der Waals surface area contributed by atoms with Crippen molar-refractivity contribution in [2.75, 3.05) is 18.5 Å². The van der Waals surface area contributed by atoms with Crippen molar-refractivity contribution in [3.63, 3.8) is 0 Å². The van der Waals surface area contributed by atoms with Crippen LogP contribution in [0.5, 0.6) is 0 Å². The minimum Gasteiger partial charge on any atom is -0.478 e. The summed E-state index contributed by atoms with van der Waals surface area (Å²) in [4.78, 5) is 10.7. The Morgan fingerprint density at radius 1 is 1.29 bits per heavy atom. The highest BCUT2D eigenvalue weighted by Crippen LogP contribution is 2.25. The van der Waals surface area contributed by atoms with Crippen molar-refractivity contribution < 1.29 is 14.6 Å². The lowest BCUT2D eigenvalue weighted by Crippen LogP contribution is -2.40. The monoisotopic (exact) mass is 235 g/mol. The van der Waals surface area contributed by atoms with Crippen molar-refractivity contribution in [3.8, 4) is 0 Å². The van der Waals surface area contributed by atoms with Crippen LogP contribution in [0.4, 0.5) is 5.69 Å². The van der Waals surface area contributed by atoms with Crippen molar-refractivity contribution >= 4 is 11.7 Å². The van der Waals surface area contributed by atoms with Crippen LogP contribution in [-0.2, 0) is 4.74 Å². The van der Waals surface area contributed by atoms with E-state index in [1.807, 2.05) is 12.1 Å². The fourth-order valence-corrected chi connectivity index (χ4v) is 1.99. The second-order valence-electron chi connectivity index (χ2n) is 4.68. The van der Waals surface area contributed by atoms with Crippen molar-refractivity contribution in [2.45, 2.75) is 25.3 Å². The van der Waals surface area contributed by atoms with Crippen LogP contribution in [-0.4, -0.2) is 29.8 Å². The Labute approximate surface area is 101 Å². The van der Waals surface area contributed by atoms with E-state index in [-0.39, 0.29) is 5.54 Å². The normalized spacial score (nSPS) is 18.6. The van der Waals surface area contributed by atoms with E-state index >= 15 is 0 Å². The Bertz CT molecular complexity index is 394. The predicted octanol–water partition coefficient (Wildman–Crippen LogP) is 2.37. The summed E-state index contributed by atoms with van der Waals surface area (Å²) in [5.74, 6) is -0.895. The largest absolute Gasteiger partial charge is 0.478 e. The fourth-order valence-electron chi connectivity index (χ4n) is 1.99. The summed E-state index contributed by atoms with van der Waals surface area (Å²) in [7, 11) is 0. The molecule has 0 atom stereocenters. The van der Waals surface area contributed by atoms with Gasteiger partial charge in [0.25, 0.3) is 0 Å². The number of rotatable bonds is 3. The van der Waals surface area contributed by atoms with Gasteiger partial charge in [0, 0.05) is 24.4 Å². The van der Waals surface area contributed by atoms with Crippen molar-refractivity contribution in [1.82, 2.24) is 0 Å². The molecule has 4 nitrogen and oxygen atoms in total. The Hall–Kier alpha value is -1.55. The maximum absolute atomic E-state index is 10.7. The van der Waals surface area contributed by atoms with Gasteiger partial charge in [-0.15, -0.1) is 0 Å². The number of nitrogens with one attached hydrogen (secondary N) is 1. The van der Waals surface area contributed by atoms with E-state index in [9.17, 15) is 4.79 Å². The average Bonchev–Trinajstić information content (AvgIpc) is 2.30. The minimum absolute atomic E-state index is 0.0446. The second-order valence-corrected chi connectivity index (χ2v) is 4.68. The molecule has 2 N–H and O–H groups in total. The van der Waals surface area contributed by atoms with Crippen molar-refractivity contribution in [3.05, 3.63) is 29.8 Å². The topological polar surface area (TPSA) is 58.6 Å². The van der Waals surface area contributed by atoms with E-state index < -0.39 is 5.97 Å². The van der Waals surface area contributed by atoms with E-state index in [1.54, 1.807) is 12.1 Å². The summed E-state index contributed by atoms with van der Waals surface area (Å²) in [6, 6.07) is 6.86. The molecule has 0 radical (unpaired) electrons. The Balaban J connectivity index is 2.05. The highest BCUT2D eigenvalue weighted by Gasteiger charge is 2.26. The highest BCUT2D eigenvalue weighted by molar-refractivity contribution is 5.88. The first-order valence-electron chi connectivity index (χ1n) is 5.78. The zero-order valence-corrected chi connectivity index (χ0v) is 9.90. The number of hydrogen-bond acceptors (Lipinski definition) is 3. The van der Waals surface area contributed by atoms with Gasteiger partial charge in [-0.1, -0.05) is 0 Å². The average molecular weight is 235 g/mol. The van der Waals surface area contributed by atoms with Crippen LogP contribution in [0.2, 0.25) is 0 Å². The van der Waals surface area contributed by atoms with Gasteiger partial charge < -0.3 is 15.2 Å². The molecule has 1 aromatic rings. The predicted molar refractivity (Wildman–Crippen MR) is 65.5 cm³/mol. The molecule has 1 heterocycles. The second kappa shape index (κ2) is 4.75. The third-order valence-electron chi connectivity index (χ3n) is 3.17. The molecule has 1 saturated heterocycles. The van der Waals surface area contributed by atoms with Gasteiger partial charge in [-0.25, -0.2) is 4.79 Å². The summed E-state index contributed by atoms with van der Waals surface area (Å²) in [5, 5.41) is 12.3. The number of carbonyl (C=O) groups is 1. The zero-order valence-electron chi connectivity index (χ0n) is 9.90. The van der Waals surface area contributed by atoms with Crippen LogP contribution in [0.25, 0.3) is 0 Å². The fraction of sp³-hybridized carbons (Fsp3) is 0.462. The van der Waals surface area contributed by atoms with Crippen LogP contribution >= 0.6 is 0 Å². The van der Waals surface area contributed by atoms with Gasteiger partial charge in [-0.2, -0.15) is 0 Å². The summed E-state index contributed by atoms with van der Waals surface area (Å²) in [5.41, 5.74) is 1.32. The lowest BCUT2D eigenvalue weighted by molar-refractivity contribution is 0.0658. The molecule has 1 aliphatic rings. The molecular weight excluding hydrogens is 218 g/mol. The van der Waals surface area contributed by atoms with Gasteiger partial charge in [-0.3, -0.25) is 0 Å². The number of carboxylic acids is 1. The molecule has 17 heavy (non-hydrogen) atoms. The maximum Gasteiger partial charge on any atom is 0.335 e. The summed E-state index contributed by atoms with van der Waals surface area (Å²) >= 11 is 0. The smallest absolute Gasteiger partial charge is 0.335 e. The number of benzene rings is 1. The quantitative estimate of drug-likeness (QED) is 0.844. The van der Waals surface area contributed by atoms with E-state index in [1.165, 1.54) is 0 Å². The van der Waals surface area contributed by atoms with Crippen LogP contribution < -0.4 is 5.32 Å². The molecule has 0 aliphatic carbocycles. The van der Waals surface area contributed by atoms with Gasteiger partial charge >= 0.3 is 5.97 Å². The van der Waals surface area contributed by atoms with Gasteiger partial charge in [0.2, 0.25) is 0 Å². The molecule has 0 spiro atoms. The number of hydrogen-bond donors (Lipinski definition) is 2. The van der Waals surface area contributed by atoms with E-state index in [4.69, 9.17) is 9.84 Å². The molecule has 0 saturated carbocycles. The molecule has 2 rings (SSSR count). The molecule has 1 fully saturated rings. The third-order valence-corrected chi connectivity index (χ3v) is 3.17. The van der Waals surface area contributed by atoms with E-state index in [0.29, 0.717) is 5.56 Å². The molecule has 0 aromatic heterocycles. The van der Waals surface area contributed by atoms with Gasteiger partial charge in [0.15, 0.2) is 0 Å². The third kappa shape index (κ3) is 2.97. The van der Waals surface area contributed by atoms with Gasteiger partial charge in [-0.05, 0) is 44.0 Å². The van der Waals surface area contributed by atoms with Gasteiger partial charge in [0.1, 0.15) is 0 Å². The Kier molecular flexibility index (Phi) is 3.33. The molecular formula is C13H17NO3. The van der Waals surface area contributed by atoms with Crippen molar-refractivity contribution in [1.29, 1.82) is 0 Å². The SMILES string of the molecule is CC1(Nc2ccc(C(=O)O)cc2)CCOCC1. The summed E-state index contributed by atoms with van der Waals surface area (Å²) in [6.45, 7) is 3.72. The molecule has 1 aromatic carbocycles. The lowest BCUT2D eigenvalue weighted by Gasteiger charge is -2.35. The van der Waals surface area contributed by atoms with Crippen LogP contribution in [0, 0.1) is 0 Å². The number of ether oxygens (including phenoxy) is 1. The first kappa shape index (κ1) is 11.9. The molecule has 0 amide bonds. The standard InChI is InChI=1S/C13H17NO3/c1-13(6-8-17-9-7-13)14-11-4-2-10(3-5-11)12(15)16/h2-5,14H,6-9H2,1H3,(H,15,16). The minimum atomic E-state index is -0.895. The number of carboxylic acid groups (broad SMARTS) is 1. The van der Waals surface area contributed by atoms with Crippen LogP contribution in [0.3, 0.4) is 0 Å². The lowest BCUT2D eigenvalue weighted by atomic mass is 9.92. The molecule has 0 unspecified atom stereocenters. The Morgan fingerprint density at radius 3 is 2.41 bits per heavy atom. The Morgan fingerprint density at radius 2 is 1.88 bits per heavy atom. The molecule has 92 valence electrons. The highest BCUT2D eigenvalue weighted by atomic mass is 16.5. The molecule has 1 aliphatic heterocycles. The molecule has 0 bridgehead atoms.